The smallest absolute Gasteiger partial charge is 0.170 e. The Morgan fingerprint density at radius 2 is 1.85 bits per heavy atom. The van der Waals surface area contributed by atoms with Crippen LogP contribution >= 0.6 is 0 Å². The van der Waals surface area contributed by atoms with Gasteiger partial charge in [0, 0.05) is 23.7 Å². The summed E-state index contributed by atoms with van der Waals surface area (Å²) in [5.41, 5.74) is 1.23. The van der Waals surface area contributed by atoms with Crippen LogP contribution in [0, 0.1) is 0 Å². The van der Waals surface area contributed by atoms with Gasteiger partial charge in [-0.2, -0.15) is 0 Å². The Hall–Kier alpha value is -1.68. The van der Waals surface area contributed by atoms with Gasteiger partial charge in [-0.1, -0.05) is 0 Å². The Balaban J connectivity index is 1.95. The van der Waals surface area contributed by atoms with Crippen molar-refractivity contribution in [2.45, 2.75) is 24.9 Å². The lowest BCUT2D eigenvalue weighted by molar-refractivity contribution is 0.132. The zero-order chi connectivity index (χ0) is 14.3. The van der Waals surface area contributed by atoms with E-state index >= 15 is 0 Å². The van der Waals surface area contributed by atoms with Crippen molar-refractivity contribution in [2.24, 2.45) is 0 Å². The number of nitrogens with zero attached hydrogens (tertiary/aromatic N) is 2. The quantitative estimate of drug-likeness (QED) is 0.857. The third kappa shape index (κ3) is 1.95. The summed E-state index contributed by atoms with van der Waals surface area (Å²) in [6, 6.07) is 7.54. The Morgan fingerprint density at radius 1 is 1.10 bits per heavy atom. The van der Waals surface area contributed by atoms with Gasteiger partial charge in [-0.15, -0.1) is 0 Å². The molecule has 0 bridgehead atoms. The van der Waals surface area contributed by atoms with Gasteiger partial charge in [0.25, 0.3) is 0 Å². The topological polar surface area (TPSA) is 26.6 Å². The summed E-state index contributed by atoms with van der Waals surface area (Å²) >= 11 is 0. The summed E-state index contributed by atoms with van der Waals surface area (Å²) in [7, 11) is 7.68. The lowest BCUT2D eigenvalue weighted by Gasteiger charge is -2.40. The summed E-state index contributed by atoms with van der Waals surface area (Å²) < 4.78 is 13.2. The van der Waals surface area contributed by atoms with E-state index in [0.29, 0.717) is 12.1 Å². The van der Waals surface area contributed by atoms with Gasteiger partial charge in [-0.05, 0) is 45.1 Å². The molecule has 1 aliphatic rings. The molecule has 1 aromatic carbocycles. The number of aromatic nitrogens is 1. The fourth-order valence-electron chi connectivity index (χ4n) is 3.09. The SMILES string of the molecule is COc1ccc2c(ccn2C2CC(N(C)C)C2)c1OC. The fourth-order valence-corrected chi connectivity index (χ4v) is 3.09. The van der Waals surface area contributed by atoms with E-state index in [2.05, 4.69) is 41.9 Å². The molecule has 1 fully saturated rings. The molecule has 0 saturated heterocycles. The van der Waals surface area contributed by atoms with Crippen molar-refractivity contribution in [1.29, 1.82) is 0 Å². The number of ether oxygens (including phenoxy) is 2. The molecule has 2 aromatic rings. The minimum atomic E-state index is 0.595. The molecule has 0 amide bonds. The average molecular weight is 274 g/mol. The fraction of sp³-hybridized carbons (Fsp3) is 0.500. The summed E-state index contributed by atoms with van der Waals surface area (Å²) in [5.74, 6) is 1.62. The third-order valence-corrected chi connectivity index (χ3v) is 4.45. The van der Waals surface area contributed by atoms with Crippen LogP contribution in [0.5, 0.6) is 11.5 Å². The number of fused-ring (bicyclic) bond motifs is 1. The zero-order valence-corrected chi connectivity index (χ0v) is 12.6. The van der Waals surface area contributed by atoms with E-state index in [0.717, 1.165) is 16.9 Å². The van der Waals surface area contributed by atoms with E-state index < -0.39 is 0 Å². The van der Waals surface area contributed by atoms with Gasteiger partial charge in [-0.25, -0.2) is 0 Å². The van der Waals surface area contributed by atoms with Crippen LogP contribution in [0.15, 0.2) is 24.4 Å². The highest BCUT2D eigenvalue weighted by molar-refractivity contribution is 5.89. The molecule has 0 N–H and O–H groups in total. The highest BCUT2D eigenvalue weighted by Crippen LogP contribution is 2.41. The predicted octanol–water partition coefficient (Wildman–Crippen LogP) is 2.92. The molecular formula is C16H22N2O2. The van der Waals surface area contributed by atoms with Gasteiger partial charge in [0.05, 0.1) is 19.7 Å². The molecule has 0 unspecified atom stereocenters. The highest BCUT2D eigenvalue weighted by atomic mass is 16.5. The largest absolute Gasteiger partial charge is 0.493 e. The van der Waals surface area contributed by atoms with E-state index in [1.54, 1.807) is 14.2 Å². The average Bonchev–Trinajstić information content (AvgIpc) is 2.79. The molecule has 0 radical (unpaired) electrons. The molecule has 20 heavy (non-hydrogen) atoms. The van der Waals surface area contributed by atoms with Crippen LogP contribution in [-0.4, -0.2) is 43.8 Å². The molecule has 4 heteroatoms. The van der Waals surface area contributed by atoms with Crippen LogP contribution in [0.1, 0.15) is 18.9 Å². The van der Waals surface area contributed by atoms with Gasteiger partial charge in [0.2, 0.25) is 0 Å². The molecule has 108 valence electrons. The van der Waals surface area contributed by atoms with E-state index in [9.17, 15) is 0 Å². The van der Waals surface area contributed by atoms with Crippen molar-refractivity contribution in [1.82, 2.24) is 9.47 Å². The molecule has 3 rings (SSSR count). The molecule has 0 aliphatic heterocycles. The van der Waals surface area contributed by atoms with Gasteiger partial charge >= 0.3 is 0 Å². The molecule has 1 saturated carbocycles. The van der Waals surface area contributed by atoms with Crippen molar-refractivity contribution in [3.8, 4) is 11.5 Å². The Morgan fingerprint density at radius 3 is 2.45 bits per heavy atom. The maximum atomic E-state index is 5.51. The summed E-state index contributed by atoms with van der Waals surface area (Å²) in [4.78, 5) is 2.31. The number of rotatable bonds is 4. The van der Waals surface area contributed by atoms with Crippen LogP contribution in [-0.2, 0) is 0 Å². The molecular weight excluding hydrogens is 252 g/mol. The first-order chi connectivity index (χ1) is 9.65. The normalized spacial score (nSPS) is 22.1. The third-order valence-electron chi connectivity index (χ3n) is 4.45. The van der Waals surface area contributed by atoms with E-state index in [1.165, 1.54) is 18.4 Å². The standard InChI is InChI=1S/C16H22N2O2/c1-17(2)11-9-12(10-11)18-8-7-13-14(18)5-6-15(19-3)16(13)20-4/h5-8,11-12H,9-10H2,1-4H3. The zero-order valence-electron chi connectivity index (χ0n) is 12.6. The first kappa shape index (κ1) is 13.3. The van der Waals surface area contributed by atoms with E-state index in [1.807, 2.05) is 6.07 Å². The van der Waals surface area contributed by atoms with E-state index in [-0.39, 0.29) is 0 Å². The Bertz CT molecular complexity index is 612. The Kier molecular flexibility index (Phi) is 3.34. The van der Waals surface area contributed by atoms with Crippen LogP contribution in [0.4, 0.5) is 0 Å². The van der Waals surface area contributed by atoms with Gasteiger partial charge in [0.15, 0.2) is 11.5 Å². The van der Waals surface area contributed by atoms with Crippen molar-refractivity contribution in [2.75, 3.05) is 28.3 Å². The minimum absolute atomic E-state index is 0.595. The summed E-state index contributed by atoms with van der Waals surface area (Å²) in [6.45, 7) is 0. The van der Waals surface area contributed by atoms with Crippen LogP contribution in [0.2, 0.25) is 0 Å². The number of methoxy groups -OCH3 is 2. The van der Waals surface area contributed by atoms with Crippen LogP contribution < -0.4 is 9.47 Å². The molecule has 1 aliphatic carbocycles. The molecule has 1 aromatic heterocycles. The van der Waals surface area contributed by atoms with Crippen LogP contribution in [0.25, 0.3) is 10.9 Å². The number of hydrogen-bond donors (Lipinski definition) is 0. The molecule has 0 spiro atoms. The second-order valence-corrected chi connectivity index (χ2v) is 5.70. The minimum Gasteiger partial charge on any atom is -0.493 e. The summed E-state index contributed by atoms with van der Waals surface area (Å²) in [6.07, 6.45) is 4.60. The molecule has 1 heterocycles. The van der Waals surface area contributed by atoms with Gasteiger partial charge in [-0.3, -0.25) is 0 Å². The monoisotopic (exact) mass is 274 g/mol. The van der Waals surface area contributed by atoms with Crippen molar-refractivity contribution >= 4 is 10.9 Å². The van der Waals surface area contributed by atoms with Gasteiger partial charge in [0.1, 0.15) is 0 Å². The number of hydrogen-bond acceptors (Lipinski definition) is 3. The highest BCUT2D eigenvalue weighted by Gasteiger charge is 2.32. The lowest BCUT2D eigenvalue weighted by Crippen LogP contribution is -2.41. The van der Waals surface area contributed by atoms with Gasteiger partial charge < -0.3 is 18.9 Å². The Labute approximate surface area is 119 Å². The summed E-state index contributed by atoms with van der Waals surface area (Å²) in [5, 5.41) is 1.13. The first-order valence-corrected chi connectivity index (χ1v) is 7.03. The second kappa shape index (κ2) is 5.02. The van der Waals surface area contributed by atoms with Crippen LogP contribution in [0.3, 0.4) is 0 Å². The van der Waals surface area contributed by atoms with Crippen molar-refractivity contribution in [3.63, 3.8) is 0 Å². The second-order valence-electron chi connectivity index (χ2n) is 5.70. The molecule has 4 nitrogen and oxygen atoms in total. The first-order valence-electron chi connectivity index (χ1n) is 7.03. The lowest BCUT2D eigenvalue weighted by atomic mass is 9.85. The maximum Gasteiger partial charge on any atom is 0.170 e. The van der Waals surface area contributed by atoms with E-state index in [4.69, 9.17) is 9.47 Å². The predicted molar refractivity (Wildman–Crippen MR) is 80.8 cm³/mol. The van der Waals surface area contributed by atoms with Crippen molar-refractivity contribution in [3.05, 3.63) is 24.4 Å². The number of benzene rings is 1. The van der Waals surface area contributed by atoms with Crippen molar-refractivity contribution < 1.29 is 9.47 Å². The maximum absolute atomic E-state index is 5.51. The molecule has 0 atom stereocenters.